The van der Waals surface area contributed by atoms with Crippen molar-refractivity contribution < 1.29 is 8.83 Å². The summed E-state index contributed by atoms with van der Waals surface area (Å²) in [5, 5.41) is 6.70. The number of anilines is 6. The normalized spacial score (nSPS) is 13.1. The fourth-order valence-corrected chi connectivity index (χ4v) is 16.7. The number of rotatable bonds is 8. The summed E-state index contributed by atoms with van der Waals surface area (Å²) in [7, 11) is 0. The van der Waals surface area contributed by atoms with Crippen LogP contribution in [0.4, 0.5) is 34.1 Å². The van der Waals surface area contributed by atoms with Crippen molar-refractivity contribution in [2.45, 2.75) is 78.6 Å². The lowest BCUT2D eigenvalue weighted by molar-refractivity contribution is 0.590. The molecule has 102 heavy (non-hydrogen) atoms. The highest BCUT2D eigenvalue weighted by atomic mass is 16.3. The van der Waals surface area contributed by atoms with Crippen LogP contribution in [0.15, 0.2) is 306 Å². The van der Waals surface area contributed by atoms with Crippen LogP contribution in [0, 0.1) is 0 Å². The highest BCUT2D eigenvalue weighted by Crippen LogP contribution is 2.57. The minimum atomic E-state index is -0.354. The topological polar surface area (TPSA) is 37.7 Å². The molecule has 17 aromatic rings. The van der Waals surface area contributed by atoms with Crippen LogP contribution in [0.1, 0.15) is 79.0 Å². The van der Waals surface area contributed by atoms with E-state index in [1.165, 1.54) is 54.9 Å². The maximum absolute atomic E-state index is 7.43. The first-order chi connectivity index (χ1) is 49.5. The van der Waals surface area contributed by atoms with Crippen LogP contribution in [-0.4, -0.2) is 11.3 Å². The second kappa shape index (κ2) is 22.8. The summed E-state index contributed by atoms with van der Waals surface area (Å²) in [5.74, 6) is 0. The quantitative estimate of drug-likeness (QED) is 0.142. The molecule has 0 amide bonds. The maximum atomic E-state index is 7.43. The van der Waals surface area contributed by atoms with E-state index in [1.54, 1.807) is 0 Å². The number of benzene rings is 14. The molecular formula is C96H76BN3O2. The van der Waals surface area contributed by atoms with Gasteiger partial charge in [-0.2, -0.15) is 0 Å². The highest BCUT2D eigenvalue weighted by Gasteiger charge is 2.47. The van der Waals surface area contributed by atoms with E-state index < -0.39 is 0 Å². The van der Waals surface area contributed by atoms with Gasteiger partial charge in [-0.1, -0.05) is 281 Å². The third kappa shape index (κ3) is 9.59. The SMILES string of the molecule is CC(C)(C)c1cc2c3c(c1)N(c1c(-c4ccccc4)cc(-c4ccccc4)c4oc5ccccc5c14)c1cc(-n4c5ccc(C(C)(C)C)cc5c5cc(C(C)(C)C)ccc54)ccc1B3c1cc(-c3ccccc3)ccc1N2c1c(-c2ccccc2)cc(-c2ccccc2)c2oc3ccccc3c12. The van der Waals surface area contributed by atoms with Gasteiger partial charge in [0, 0.05) is 72.2 Å². The van der Waals surface area contributed by atoms with Crippen molar-refractivity contribution in [1.29, 1.82) is 0 Å². The monoisotopic (exact) mass is 1310 g/mol. The van der Waals surface area contributed by atoms with Crippen LogP contribution in [-0.2, 0) is 16.2 Å². The zero-order valence-electron chi connectivity index (χ0n) is 59.0. The van der Waals surface area contributed by atoms with E-state index in [0.29, 0.717) is 0 Å². The number of fused-ring (bicyclic) bond motifs is 13. The van der Waals surface area contributed by atoms with Crippen molar-refractivity contribution in [1.82, 2.24) is 4.57 Å². The molecule has 0 saturated heterocycles. The van der Waals surface area contributed by atoms with Crippen LogP contribution in [0.5, 0.6) is 0 Å². The summed E-state index contributed by atoms with van der Waals surface area (Å²) < 4.78 is 17.3. The minimum absolute atomic E-state index is 0.0663. The molecule has 0 radical (unpaired) electrons. The summed E-state index contributed by atoms with van der Waals surface area (Å²) in [6, 6.07) is 111. The van der Waals surface area contributed by atoms with Gasteiger partial charge in [-0.15, -0.1) is 0 Å². The van der Waals surface area contributed by atoms with Gasteiger partial charge in [-0.3, -0.25) is 0 Å². The molecular weight excluding hydrogens is 1240 g/mol. The van der Waals surface area contributed by atoms with Gasteiger partial charge < -0.3 is 23.2 Å². The van der Waals surface area contributed by atoms with Crippen LogP contribution in [0.25, 0.3) is 127 Å². The number of hydrogen-bond donors (Lipinski definition) is 0. The molecule has 6 heteroatoms. The van der Waals surface area contributed by atoms with E-state index in [-0.39, 0.29) is 23.0 Å². The van der Waals surface area contributed by atoms with Crippen molar-refractivity contribution in [2.75, 3.05) is 9.80 Å². The first kappa shape index (κ1) is 61.3. The average molecular weight is 1310 g/mol. The van der Waals surface area contributed by atoms with Crippen LogP contribution in [0.2, 0.25) is 0 Å². The summed E-state index contributed by atoms with van der Waals surface area (Å²) in [6.45, 7) is 20.8. The van der Waals surface area contributed by atoms with Gasteiger partial charge in [0.1, 0.15) is 22.3 Å². The van der Waals surface area contributed by atoms with E-state index in [1.807, 2.05) is 0 Å². The lowest BCUT2D eigenvalue weighted by atomic mass is 9.33. The Balaban J connectivity index is 1.01. The van der Waals surface area contributed by atoms with Crippen molar-refractivity contribution in [3.05, 3.63) is 314 Å². The van der Waals surface area contributed by atoms with E-state index in [0.717, 1.165) is 139 Å². The van der Waals surface area contributed by atoms with Crippen LogP contribution in [0.3, 0.4) is 0 Å². The van der Waals surface area contributed by atoms with E-state index in [4.69, 9.17) is 8.83 Å². The number of para-hydroxylation sites is 2. The fourth-order valence-electron chi connectivity index (χ4n) is 16.7. The molecule has 19 rings (SSSR count). The van der Waals surface area contributed by atoms with E-state index in [9.17, 15) is 0 Å². The third-order valence-electron chi connectivity index (χ3n) is 21.8. The zero-order valence-corrected chi connectivity index (χ0v) is 59.0. The Morgan fingerprint density at radius 1 is 0.284 bits per heavy atom. The molecule has 0 bridgehead atoms. The van der Waals surface area contributed by atoms with Gasteiger partial charge in [-0.25, -0.2) is 0 Å². The number of aromatic nitrogens is 1. The van der Waals surface area contributed by atoms with E-state index in [2.05, 4.69) is 374 Å². The molecule has 0 aliphatic carbocycles. The smallest absolute Gasteiger partial charge is 0.252 e. The maximum Gasteiger partial charge on any atom is 0.252 e. The molecule has 0 spiro atoms. The van der Waals surface area contributed by atoms with Gasteiger partial charge in [0.05, 0.1) is 33.2 Å². The summed E-state index contributed by atoms with van der Waals surface area (Å²) in [5.41, 5.74) is 31.2. The zero-order chi connectivity index (χ0) is 69.1. The lowest BCUT2D eigenvalue weighted by Crippen LogP contribution is -2.61. The van der Waals surface area contributed by atoms with Crippen molar-refractivity contribution >= 4 is 123 Å². The Kier molecular flexibility index (Phi) is 13.7. The molecule has 0 atom stereocenters. The number of hydrogen-bond acceptors (Lipinski definition) is 4. The molecule has 5 nitrogen and oxygen atoms in total. The summed E-state index contributed by atoms with van der Waals surface area (Å²) in [6.07, 6.45) is 0. The molecule has 5 heterocycles. The summed E-state index contributed by atoms with van der Waals surface area (Å²) in [4.78, 5) is 5.35. The van der Waals surface area contributed by atoms with Crippen molar-refractivity contribution in [2.24, 2.45) is 0 Å². The lowest BCUT2D eigenvalue weighted by Gasteiger charge is -2.46. The minimum Gasteiger partial charge on any atom is -0.455 e. The molecule has 2 aliphatic heterocycles. The fraction of sp³-hybridized carbons (Fsp3) is 0.125. The largest absolute Gasteiger partial charge is 0.455 e. The standard InChI is InChI=1S/C96H76BN3O2/c1-94(2,3)65-44-49-79-75(52-65)76-53-66(95(4,5)6)45-50-80(76)98(79)68-46-47-77-82(56-68)100(91-72(61-33-19-12-20-34-61)58-74(63-37-23-14-24-38-63)93-88(91)70-40-26-28-42-86(70)102-93)84-55-67(96(7,8)9)54-83-89(84)97(77)78-51-64(59-29-15-10-16-30-59)43-48-81(78)99(83)90-71(60-31-17-11-18-32-60)57-73(62-35-21-13-22-36-62)92-87(90)69-39-25-27-41-85(69)101-92/h10-58H,1-9H3. The van der Waals surface area contributed by atoms with Gasteiger partial charge in [-0.05, 0) is 162 Å². The van der Waals surface area contributed by atoms with Gasteiger partial charge in [0.2, 0.25) is 0 Å². The predicted molar refractivity (Wildman–Crippen MR) is 433 cm³/mol. The Hall–Kier alpha value is -11.9. The number of furan rings is 2. The van der Waals surface area contributed by atoms with Crippen LogP contribution >= 0.6 is 0 Å². The second-order valence-electron chi connectivity index (χ2n) is 31.2. The van der Waals surface area contributed by atoms with E-state index >= 15 is 0 Å². The predicted octanol–water partition coefficient (Wildman–Crippen LogP) is 24.9. The number of nitrogens with zero attached hydrogens (tertiary/aromatic N) is 3. The molecule has 14 aromatic carbocycles. The van der Waals surface area contributed by atoms with Gasteiger partial charge in [0.25, 0.3) is 6.71 Å². The molecule has 0 fully saturated rings. The Morgan fingerprint density at radius 3 is 1.15 bits per heavy atom. The highest BCUT2D eigenvalue weighted by molar-refractivity contribution is 7.00. The summed E-state index contributed by atoms with van der Waals surface area (Å²) >= 11 is 0. The first-order valence-corrected chi connectivity index (χ1v) is 35.9. The first-order valence-electron chi connectivity index (χ1n) is 35.9. The van der Waals surface area contributed by atoms with Gasteiger partial charge >= 0.3 is 0 Å². The second-order valence-corrected chi connectivity index (χ2v) is 31.2. The molecule has 490 valence electrons. The molecule has 3 aromatic heterocycles. The average Bonchev–Trinajstić information content (AvgIpc) is 0.793. The Bertz CT molecular complexity index is 6170. The van der Waals surface area contributed by atoms with Gasteiger partial charge in [0.15, 0.2) is 0 Å². The molecule has 0 unspecified atom stereocenters. The van der Waals surface area contributed by atoms with Crippen molar-refractivity contribution in [3.8, 4) is 61.3 Å². The van der Waals surface area contributed by atoms with Crippen molar-refractivity contribution in [3.63, 3.8) is 0 Å². The third-order valence-corrected chi connectivity index (χ3v) is 21.8. The molecule has 0 N–H and O–H groups in total. The Labute approximate surface area is 596 Å². The Morgan fingerprint density at radius 2 is 0.696 bits per heavy atom. The molecule has 0 saturated carbocycles. The van der Waals surface area contributed by atoms with Crippen LogP contribution < -0.4 is 26.2 Å². The molecule has 2 aliphatic rings.